The van der Waals surface area contributed by atoms with Gasteiger partial charge in [-0.1, -0.05) is 20.8 Å². The third kappa shape index (κ3) is 3.27. The molecule has 26 heavy (non-hydrogen) atoms. The first-order chi connectivity index (χ1) is 12.2. The smallest absolute Gasteiger partial charge is 0.282 e. The summed E-state index contributed by atoms with van der Waals surface area (Å²) in [6.07, 6.45) is 0.273. The van der Waals surface area contributed by atoms with Gasteiger partial charge in [0.2, 0.25) is 0 Å². The summed E-state index contributed by atoms with van der Waals surface area (Å²) >= 11 is 2.70. The highest BCUT2D eigenvalue weighted by molar-refractivity contribution is 7.98. The molecule has 1 heterocycles. The summed E-state index contributed by atoms with van der Waals surface area (Å²) in [5, 5.41) is 3.34. The fourth-order valence-corrected chi connectivity index (χ4v) is 5.61. The molecule has 1 N–H and O–H groups in total. The van der Waals surface area contributed by atoms with E-state index in [9.17, 15) is 13.6 Å². The van der Waals surface area contributed by atoms with Gasteiger partial charge in [0, 0.05) is 10.6 Å². The van der Waals surface area contributed by atoms with Gasteiger partial charge in [-0.25, -0.2) is 13.8 Å². The molecule has 1 aliphatic rings. The molecule has 1 unspecified atom stereocenters. The number of amides is 1. The Morgan fingerprint density at radius 2 is 2.12 bits per heavy atom. The summed E-state index contributed by atoms with van der Waals surface area (Å²) in [5.41, 5.74) is 2.67. The SMILES string of the molecule is CSc1ccc(NC(=O)c2sc(C)nc2C(F)F)c2c1C(C)(C)CC2C. The second kappa shape index (κ2) is 6.93. The number of anilines is 1. The average Bonchev–Trinajstić information content (AvgIpc) is 3.06. The van der Waals surface area contributed by atoms with Gasteiger partial charge in [-0.2, -0.15) is 0 Å². The predicted molar refractivity (Wildman–Crippen MR) is 104 cm³/mol. The highest BCUT2D eigenvalue weighted by Crippen LogP contribution is 2.51. The number of thiazole rings is 1. The highest BCUT2D eigenvalue weighted by Gasteiger charge is 2.38. The molecule has 0 aliphatic heterocycles. The van der Waals surface area contributed by atoms with Crippen molar-refractivity contribution in [2.24, 2.45) is 0 Å². The Bertz CT molecular complexity index is 861. The zero-order valence-electron chi connectivity index (χ0n) is 15.4. The maximum Gasteiger partial charge on any atom is 0.282 e. The number of nitrogens with one attached hydrogen (secondary N) is 1. The van der Waals surface area contributed by atoms with E-state index in [1.54, 1.807) is 18.7 Å². The van der Waals surface area contributed by atoms with Crippen molar-refractivity contribution in [3.05, 3.63) is 38.8 Å². The first-order valence-corrected chi connectivity index (χ1v) is 10.5. The Hall–Kier alpha value is -1.47. The minimum Gasteiger partial charge on any atom is -0.321 e. The van der Waals surface area contributed by atoms with Crippen LogP contribution in [0.25, 0.3) is 0 Å². The van der Waals surface area contributed by atoms with Crippen LogP contribution in [0.1, 0.15) is 71.0 Å². The van der Waals surface area contributed by atoms with Gasteiger partial charge in [-0.05, 0) is 54.2 Å². The van der Waals surface area contributed by atoms with Crippen molar-refractivity contribution in [2.45, 2.75) is 56.8 Å². The number of rotatable bonds is 4. The molecule has 0 bridgehead atoms. The topological polar surface area (TPSA) is 42.0 Å². The molecule has 140 valence electrons. The fraction of sp³-hybridized carbons (Fsp3) is 0.474. The van der Waals surface area contributed by atoms with Crippen LogP contribution < -0.4 is 5.32 Å². The van der Waals surface area contributed by atoms with E-state index in [-0.39, 0.29) is 10.3 Å². The molecule has 0 radical (unpaired) electrons. The van der Waals surface area contributed by atoms with Gasteiger partial charge in [0.25, 0.3) is 12.3 Å². The van der Waals surface area contributed by atoms with Crippen LogP contribution in [-0.4, -0.2) is 17.1 Å². The van der Waals surface area contributed by atoms with Crippen LogP contribution >= 0.6 is 23.1 Å². The lowest BCUT2D eigenvalue weighted by Gasteiger charge is -2.22. The Kier molecular flexibility index (Phi) is 5.14. The maximum absolute atomic E-state index is 13.2. The molecule has 1 atom stereocenters. The van der Waals surface area contributed by atoms with Gasteiger partial charge >= 0.3 is 0 Å². The van der Waals surface area contributed by atoms with Crippen molar-refractivity contribution < 1.29 is 13.6 Å². The normalized spacial score (nSPS) is 18.2. The average molecular weight is 397 g/mol. The van der Waals surface area contributed by atoms with E-state index in [2.05, 4.69) is 31.1 Å². The molecule has 3 nitrogen and oxygen atoms in total. The minimum absolute atomic E-state index is 0.00916. The van der Waals surface area contributed by atoms with Crippen LogP contribution in [0, 0.1) is 6.92 Å². The van der Waals surface area contributed by atoms with E-state index in [4.69, 9.17) is 0 Å². The standard InChI is InChI=1S/C19H22F2N2OS2/c1-9-8-19(3,4)14-12(25-5)7-6-11(13(9)14)23-18(24)16-15(17(20)21)22-10(2)26-16/h6-7,9,17H,8H2,1-5H3,(H,23,24). The highest BCUT2D eigenvalue weighted by atomic mass is 32.2. The number of fused-ring (bicyclic) bond motifs is 1. The molecule has 1 aromatic heterocycles. The van der Waals surface area contributed by atoms with Crippen molar-refractivity contribution in [1.82, 2.24) is 4.98 Å². The van der Waals surface area contributed by atoms with E-state index in [0.29, 0.717) is 16.6 Å². The van der Waals surface area contributed by atoms with Crippen molar-refractivity contribution in [2.75, 3.05) is 11.6 Å². The number of halogens is 2. The van der Waals surface area contributed by atoms with Gasteiger partial charge in [0.05, 0.1) is 5.01 Å². The number of carbonyl (C=O) groups excluding carboxylic acids is 1. The van der Waals surface area contributed by atoms with Crippen LogP contribution in [0.15, 0.2) is 17.0 Å². The number of benzene rings is 1. The van der Waals surface area contributed by atoms with Crippen molar-refractivity contribution in [3.63, 3.8) is 0 Å². The Morgan fingerprint density at radius 3 is 2.73 bits per heavy atom. The Morgan fingerprint density at radius 1 is 1.42 bits per heavy atom. The number of hydrogen-bond acceptors (Lipinski definition) is 4. The molecular formula is C19H22F2N2OS2. The van der Waals surface area contributed by atoms with Gasteiger partial charge in [-0.3, -0.25) is 4.79 Å². The Labute approximate surface area is 160 Å². The monoisotopic (exact) mass is 396 g/mol. The summed E-state index contributed by atoms with van der Waals surface area (Å²) in [6.45, 7) is 8.20. The van der Waals surface area contributed by atoms with Crippen molar-refractivity contribution in [1.29, 1.82) is 0 Å². The lowest BCUT2D eigenvalue weighted by molar-refractivity contribution is 0.101. The second-order valence-electron chi connectivity index (χ2n) is 7.30. The van der Waals surface area contributed by atoms with Crippen LogP contribution in [-0.2, 0) is 5.41 Å². The number of alkyl halides is 2. The summed E-state index contributed by atoms with van der Waals surface area (Å²) in [7, 11) is 0. The summed E-state index contributed by atoms with van der Waals surface area (Å²) in [4.78, 5) is 17.7. The fourth-order valence-electron chi connectivity index (χ4n) is 3.99. The van der Waals surface area contributed by atoms with Crippen LogP contribution in [0.3, 0.4) is 0 Å². The quantitative estimate of drug-likeness (QED) is 0.631. The van der Waals surface area contributed by atoms with E-state index >= 15 is 0 Å². The number of thioether (sulfide) groups is 1. The van der Waals surface area contributed by atoms with E-state index in [0.717, 1.165) is 23.3 Å². The molecule has 7 heteroatoms. The molecular weight excluding hydrogens is 374 g/mol. The third-order valence-corrected chi connectivity index (χ3v) is 6.60. The lowest BCUT2D eigenvalue weighted by Crippen LogP contribution is -2.16. The number of aromatic nitrogens is 1. The number of nitrogens with zero attached hydrogens (tertiary/aromatic N) is 1. The van der Waals surface area contributed by atoms with E-state index < -0.39 is 18.0 Å². The second-order valence-corrected chi connectivity index (χ2v) is 9.35. The lowest BCUT2D eigenvalue weighted by atomic mass is 9.86. The molecule has 3 rings (SSSR count). The van der Waals surface area contributed by atoms with Gasteiger partial charge in [0.1, 0.15) is 10.6 Å². The first-order valence-electron chi connectivity index (χ1n) is 8.44. The summed E-state index contributed by atoms with van der Waals surface area (Å²) in [5.74, 6) is -0.220. The van der Waals surface area contributed by atoms with Gasteiger partial charge in [-0.15, -0.1) is 23.1 Å². The minimum atomic E-state index is -2.76. The third-order valence-electron chi connectivity index (χ3n) is 4.83. The van der Waals surface area contributed by atoms with Gasteiger partial charge < -0.3 is 5.32 Å². The molecule has 1 aliphatic carbocycles. The first kappa shape index (κ1) is 19.3. The van der Waals surface area contributed by atoms with E-state index in [1.165, 1.54) is 10.5 Å². The number of hydrogen-bond donors (Lipinski definition) is 1. The predicted octanol–water partition coefficient (Wildman–Crippen LogP) is 6.15. The number of carbonyl (C=O) groups is 1. The molecule has 0 fully saturated rings. The zero-order valence-corrected chi connectivity index (χ0v) is 17.1. The van der Waals surface area contributed by atoms with Crippen molar-refractivity contribution >= 4 is 34.7 Å². The van der Waals surface area contributed by atoms with Crippen LogP contribution in [0.5, 0.6) is 0 Å². The molecule has 0 spiro atoms. The molecule has 0 saturated heterocycles. The largest absolute Gasteiger partial charge is 0.321 e. The molecule has 2 aromatic rings. The number of aryl methyl sites for hydroxylation is 1. The molecule has 0 saturated carbocycles. The van der Waals surface area contributed by atoms with Gasteiger partial charge in [0.15, 0.2) is 0 Å². The van der Waals surface area contributed by atoms with Crippen molar-refractivity contribution in [3.8, 4) is 0 Å². The van der Waals surface area contributed by atoms with Crippen LogP contribution in [0.2, 0.25) is 0 Å². The summed E-state index contributed by atoms with van der Waals surface area (Å²) < 4.78 is 26.4. The summed E-state index contributed by atoms with van der Waals surface area (Å²) in [6, 6.07) is 3.89. The molecule has 1 amide bonds. The molecule has 1 aromatic carbocycles. The Balaban J connectivity index is 2.02. The van der Waals surface area contributed by atoms with E-state index in [1.807, 2.05) is 18.4 Å². The van der Waals surface area contributed by atoms with Crippen LogP contribution in [0.4, 0.5) is 14.5 Å². The zero-order chi connectivity index (χ0) is 19.2. The maximum atomic E-state index is 13.2.